The molecule has 0 bridgehead atoms. The van der Waals surface area contributed by atoms with E-state index in [1.807, 2.05) is 0 Å². The third-order valence-corrected chi connectivity index (χ3v) is 5.57. The van der Waals surface area contributed by atoms with Crippen LogP contribution in [0.2, 0.25) is 0 Å². The van der Waals surface area contributed by atoms with Crippen LogP contribution in [0.3, 0.4) is 0 Å². The normalized spacial score (nSPS) is 16.8. The Morgan fingerprint density at radius 1 is 1.03 bits per heavy atom. The minimum atomic E-state index is -3.75. The molecule has 2 aromatic carbocycles. The summed E-state index contributed by atoms with van der Waals surface area (Å²) in [6, 6.07) is 12.3. The third kappa shape index (κ3) is 3.84. The predicted octanol–water partition coefficient (Wildman–Crippen LogP) is 5.07. The second-order valence-electron chi connectivity index (χ2n) is 7.81. The summed E-state index contributed by atoms with van der Waals surface area (Å²) in [6.07, 6.45) is -2.75. The monoisotopic (exact) mass is 460 g/mol. The highest BCUT2D eigenvalue weighted by molar-refractivity contribution is 6.01. The zero-order valence-electron chi connectivity index (χ0n) is 16.8. The smallest absolute Gasteiger partial charge is 0.478 e. The van der Waals surface area contributed by atoms with Gasteiger partial charge in [0.2, 0.25) is 5.91 Å². The third-order valence-electron chi connectivity index (χ3n) is 5.57. The average Bonchev–Trinajstić information content (AvgIpc) is 3.50. The first kappa shape index (κ1) is 20.8. The Morgan fingerprint density at radius 3 is 2.52 bits per heavy atom. The Hall–Kier alpha value is -4.08. The van der Waals surface area contributed by atoms with Gasteiger partial charge < -0.3 is 19.9 Å². The molecule has 7 nitrogen and oxygen atoms in total. The number of amides is 1. The zero-order valence-corrected chi connectivity index (χ0v) is 16.8. The molecule has 0 unspecified atom stereocenters. The molecular weight excluding hydrogens is 441 g/mol. The molecule has 5 rings (SSSR count). The van der Waals surface area contributed by atoms with Crippen molar-refractivity contribution in [2.24, 2.45) is 0 Å². The molecule has 1 saturated carbocycles. The zero-order chi connectivity index (χ0) is 23.4. The fourth-order valence-electron chi connectivity index (χ4n) is 3.78. The van der Waals surface area contributed by atoms with Crippen LogP contribution >= 0.6 is 0 Å². The minimum absolute atomic E-state index is 0. The standard InChI is InChI=1S/C23H15F3N2O5.2H2/c24-15-9-12(8-13(10-15)20(29)30)16-2-1-3-19(27-16)28-21(31)22(6-7-22)14-4-5-17-18(11-14)33-23(25,26)32-17;;/h1-5,8-11H,6-7H2,(H,29,30)(H,27,28,31);2*1H. The van der Waals surface area contributed by atoms with Crippen LogP contribution in [-0.2, 0) is 10.2 Å². The molecule has 172 valence electrons. The van der Waals surface area contributed by atoms with Crippen LogP contribution < -0.4 is 14.8 Å². The second kappa shape index (κ2) is 7.22. The highest BCUT2D eigenvalue weighted by Gasteiger charge is 2.53. The molecule has 33 heavy (non-hydrogen) atoms. The number of aromatic carboxylic acids is 1. The van der Waals surface area contributed by atoms with Crippen molar-refractivity contribution in [3.05, 3.63) is 71.5 Å². The molecule has 0 radical (unpaired) electrons. The molecule has 1 aliphatic carbocycles. The van der Waals surface area contributed by atoms with E-state index in [-0.39, 0.29) is 42.9 Å². The molecule has 1 amide bonds. The maximum Gasteiger partial charge on any atom is 0.586 e. The van der Waals surface area contributed by atoms with Crippen molar-refractivity contribution in [3.8, 4) is 22.8 Å². The van der Waals surface area contributed by atoms with Gasteiger partial charge in [-0.1, -0.05) is 12.1 Å². The number of nitrogens with one attached hydrogen (secondary N) is 1. The molecule has 0 saturated heterocycles. The maximum absolute atomic E-state index is 13.9. The lowest BCUT2D eigenvalue weighted by atomic mass is 9.94. The van der Waals surface area contributed by atoms with Gasteiger partial charge >= 0.3 is 12.3 Å². The Labute approximate surface area is 187 Å². The lowest BCUT2D eigenvalue weighted by Crippen LogP contribution is -2.28. The number of alkyl halides is 2. The van der Waals surface area contributed by atoms with Gasteiger partial charge in [0, 0.05) is 8.42 Å². The largest absolute Gasteiger partial charge is 0.586 e. The van der Waals surface area contributed by atoms with Crippen LogP contribution in [0.25, 0.3) is 11.3 Å². The van der Waals surface area contributed by atoms with Crippen LogP contribution in [0.1, 0.15) is 31.6 Å². The van der Waals surface area contributed by atoms with E-state index in [0.717, 1.165) is 12.1 Å². The Kier molecular flexibility index (Phi) is 4.55. The van der Waals surface area contributed by atoms with Crippen LogP contribution in [0.15, 0.2) is 54.6 Å². The van der Waals surface area contributed by atoms with Gasteiger partial charge in [0.1, 0.15) is 11.6 Å². The number of carboxylic acids is 1. The molecule has 3 aromatic rings. The van der Waals surface area contributed by atoms with Gasteiger partial charge in [0.25, 0.3) is 0 Å². The number of anilines is 1. The average molecular weight is 460 g/mol. The number of benzene rings is 2. The van der Waals surface area contributed by atoms with Crippen LogP contribution in [-0.4, -0.2) is 28.3 Å². The summed E-state index contributed by atoms with van der Waals surface area (Å²) in [5.74, 6) is -2.47. The van der Waals surface area contributed by atoms with Gasteiger partial charge in [-0.3, -0.25) is 4.79 Å². The summed E-state index contributed by atoms with van der Waals surface area (Å²) in [5.41, 5.74) is -0.145. The highest BCUT2D eigenvalue weighted by atomic mass is 19.3. The summed E-state index contributed by atoms with van der Waals surface area (Å²) >= 11 is 0. The molecular formula is C23H19F3N2O5. The lowest BCUT2D eigenvalue weighted by Gasteiger charge is -2.16. The van der Waals surface area contributed by atoms with E-state index in [4.69, 9.17) is 5.11 Å². The molecule has 10 heteroatoms. The number of hydrogen-bond donors (Lipinski definition) is 2. The van der Waals surface area contributed by atoms with Crippen LogP contribution in [0.4, 0.5) is 19.0 Å². The fraction of sp³-hybridized carbons (Fsp3) is 0.174. The quantitative estimate of drug-likeness (QED) is 0.552. The molecule has 0 spiro atoms. The number of fused-ring (bicyclic) bond motifs is 1. The first-order valence-electron chi connectivity index (χ1n) is 9.88. The van der Waals surface area contributed by atoms with Gasteiger partial charge in [0.05, 0.1) is 16.7 Å². The van der Waals surface area contributed by atoms with Crippen molar-refractivity contribution < 1.29 is 40.2 Å². The molecule has 1 fully saturated rings. The molecule has 1 aliphatic heterocycles. The van der Waals surface area contributed by atoms with E-state index in [1.165, 1.54) is 24.3 Å². The number of carbonyl (C=O) groups is 2. The number of ether oxygens (including phenoxy) is 2. The number of rotatable bonds is 5. The fourth-order valence-corrected chi connectivity index (χ4v) is 3.78. The summed E-state index contributed by atoms with van der Waals surface area (Å²) in [6.45, 7) is 0. The SMILES string of the molecule is O=C(O)c1cc(F)cc(-c2cccc(NC(=O)C3(c4ccc5c(c4)OC(F)(F)O5)CC3)n2)c1.[HH].[HH]. The number of pyridine rings is 1. The molecule has 2 N–H and O–H groups in total. The highest BCUT2D eigenvalue weighted by Crippen LogP contribution is 2.52. The predicted molar refractivity (Wildman–Crippen MR) is 113 cm³/mol. The van der Waals surface area contributed by atoms with Crippen LogP contribution in [0.5, 0.6) is 11.5 Å². The van der Waals surface area contributed by atoms with E-state index in [1.54, 1.807) is 18.2 Å². The van der Waals surface area contributed by atoms with E-state index >= 15 is 0 Å². The van der Waals surface area contributed by atoms with Gasteiger partial charge in [-0.25, -0.2) is 14.2 Å². The van der Waals surface area contributed by atoms with Crippen molar-refractivity contribution in [1.82, 2.24) is 4.98 Å². The van der Waals surface area contributed by atoms with E-state index < -0.39 is 23.5 Å². The minimum Gasteiger partial charge on any atom is -0.478 e. The van der Waals surface area contributed by atoms with Crippen molar-refractivity contribution in [1.29, 1.82) is 0 Å². The van der Waals surface area contributed by atoms with Gasteiger partial charge in [-0.05, 0) is 60.9 Å². The van der Waals surface area contributed by atoms with E-state index in [2.05, 4.69) is 19.8 Å². The first-order chi connectivity index (χ1) is 15.6. The number of carboxylic acid groups (broad SMARTS) is 1. The number of hydrogen-bond acceptors (Lipinski definition) is 5. The summed E-state index contributed by atoms with van der Waals surface area (Å²) in [7, 11) is 0. The van der Waals surface area contributed by atoms with Crippen LogP contribution in [0, 0.1) is 5.82 Å². The first-order valence-corrected chi connectivity index (χ1v) is 9.88. The van der Waals surface area contributed by atoms with Crippen molar-refractivity contribution >= 4 is 17.7 Å². The van der Waals surface area contributed by atoms with Gasteiger partial charge in [-0.2, -0.15) is 0 Å². The van der Waals surface area contributed by atoms with Gasteiger partial charge in [0.15, 0.2) is 11.5 Å². The van der Waals surface area contributed by atoms with Crippen molar-refractivity contribution in [2.45, 2.75) is 24.6 Å². The molecule has 1 aromatic heterocycles. The summed E-state index contributed by atoms with van der Waals surface area (Å²) in [5, 5.41) is 11.9. The van der Waals surface area contributed by atoms with Crippen molar-refractivity contribution in [3.63, 3.8) is 0 Å². The topological polar surface area (TPSA) is 97.8 Å². The summed E-state index contributed by atoms with van der Waals surface area (Å²) < 4.78 is 49.4. The Bertz CT molecular complexity index is 1320. The Balaban J connectivity index is 0.00000171. The number of nitrogens with zero attached hydrogens (tertiary/aromatic N) is 1. The molecule has 0 atom stereocenters. The Morgan fingerprint density at radius 2 is 1.79 bits per heavy atom. The molecule has 2 heterocycles. The second-order valence-corrected chi connectivity index (χ2v) is 7.81. The number of halogens is 3. The van der Waals surface area contributed by atoms with E-state index in [9.17, 15) is 22.8 Å². The van der Waals surface area contributed by atoms with E-state index in [0.29, 0.717) is 18.4 Å². The van der Waals surface area contributed by atoms with Gasteiger partial charge in [-0.15, -0.1) is 8.78 Å². The lowest BCUT2D eigenvalue weighted by molar-refractivity contribution is -0.286. The van der Waals surface area contributed by atoms with Crippen molar-refractivity contribution in [2.75, 3.05) is 5.32 Å². The molecule has 2 aliphatic rings. The maximum atomic E-state index is 13.9. The number of carbonyl (C=O) groups excluding carboxylic acids is 1. The number of aromatic nitrogens is 1. The summed E-state index contributed by atoms with van der Waals surface area (Å²) in [4.78, 5) is 28.6.